The minimum atomic E-state index is -1.87. The molecular weight excluding hydrogens is 492 g/mol. The number of nitrogens with zero attached hydrogens (tertiary/aromatic N) is 2. The number of esters is 1. The maximum Gasteiger partial charge on any atom is 0.337 e. The number of carbonyl (C=O) groups is 2. The van der Waals surface area contributed by atoms with Crippen LogP contribution in [0, 0.1) is 11.3 Å². The van der Waals surface area contributed by atoms with Gasteiger partial charge in [-0.1, -0.05) is 52.2 Å². The minimum absolute atomic E-state index is 0.211. The molecule has 1 amide bonds. The molecule has 1 saturated heterocycles. The lowest BCUT2D eigenvalue weighted by Crippen LogP contribution is -2.52. The van der Waals surface area contributed by atoms with Crippen molar-refractivity contribution in [3.63, 3.8) is 0 Å². The summed E-state index contributed by atoms with van der Waals surface area (Å²) in [5, 5.41) is 4.44. The van der Waals surface area contributed by atoms with Gasteiger partial charge in [0.25, 0.3) is 0 Å². The van der Waals surface area contributed by atoms with Gasteiger partial charge >= 0.3 is 5.97 Å². The van der Waals surface area contributed by atoms with Gasteiger partial charge in [0.15, 0.2) is 8.32 Å². The third-order valence-corrected chi connectivity index (χ3v) is 14.2. The van der Waals surface area contributed by atoms with Crippen molar-refractivity contribution in [2.75, 3.05) is 26.7 Å². The van der Waals surface area contributed by atoms with Gasteiger partial charge in [0.1, 0.15) is 0 Å². The van der Waals surface area contributed by atoms with Crippen LogP contribution in [0.3, 0.4) is 0 Å². The average Bonchev–Trinajstić information content (AvgIpc) is 3.60. The molecule has 0 aromatic heterocycles. The molecular formula is C31H50N2O4Si. The summed E-state index contributed by atoms with van der Waals surface area (Å²) >= 11 is 0. The van der Waals surface area contributed by atoms with Crippen LogP contribution in [-0.2, 0) is 20.4 Å². The van der Waals surface area contributed by atoms with Crippen molar-refractivity contribution in [1.82, 2.24) is 10.0 Å². The Hall–Kier alpha value is -1.70. The van der Waals surface area contributed by atoms with E-state index in [1.165, 1.54) is 45.6 Å². The monoisotopic (exact) mass is 542 g/mol. The number of hydrogen-bond acceptors (Lipinski definition) is 5. The molecule has 0 bridgehead atoms. The van der Waals surface area contributed by atoms with Crippen LogP contribution in [-0.4, -0.2) is 63.1 Å². The highest BCUT2D eigenvalue weighted by molar-refractivity contribution is 6.74. The van der Waals surface area contributed by atoms with Crippen LogP contribution >= 0.6 is 0 Å². The Morgan fingerprint density at radius 3 is 2.37 bits per heavy atom. The van der Waals surface area contributed by atoms with Crippen molar-refractivity contribution in [2.24, 2.45) is 11.3 Å². The maximum absolute atomic E-state index is 12.7. The number of hydrogen-bond donors (Lipinski definition) is 0. The molecule has 1 aromatic carbocycles. The lowest BCUT2D eigenvalue weighted by molar-refractivity contribution is -0.138. The van der Waals surface area contributed by atoms with Gasteiger partial charge in [-0.05, 0) is 85.7 Å². The summed E-state index contributed by atoms with van der Waals surface area (Å²) in [7, 11) is -0.474. The largest absolute Gasteiger partial charge is 0.465 e. The van der Waals surface area contributed by atoms with Gasteiger partial charge in [0.05, 0.1) is 18.8 Å². The van der Waals surface area contributed by atoms with Crippen molar-refractivity contribution < 1.29 is 18.8 Å². The molecule has 2 saturated carbocycles. The van der Waals surface area contributed by atoms with Gasteiger partial charge in [-0.15, -0.1) is 0 Å². The number of benzene rings is 1. The minimum Gasteiger partial charge on any atom is -0.465 e. The highest BCUT2D eigenvalue weighted by Crippen LogP contribution is 2.56. The number of carbonyl (C=O) groups excluding carboxylic acids is 2. The topological polar surface area (TPSA) is 59.1 Å². The van der Waals surface area contributed by atoms with Crippen LogP contribution in [0.1, 0.15) is 94.5 Å². The summed E-state index contributed by atoms with van der Waals surface area (Å²) in [6.45, 7) is 14.2. The van der Waals surface area contributed by atoms with Crippen LogP contribution in [0.2, 0.25) is 18.1 Å². The van der Waals surface area contributed by atoms with Crippen molar-refractivity contribution in [2.45, 2.75) is 109 Å². The molecule has 212 valence electrons. The van der Waals surface area contributed by atoms with E-state index in [0.29, 0.717) is 30.0 Å². The molecule has 1 atom stereocenters. The van der Waals surface area contributed by atoms with E-state index in [1.807, 2.05) is 17.1 Å². The second kappa shape index (κ2) is 11.8. The Bertz CT molecular complexity index is 963. The van der Waals surface area contributed by atoms with E-state index in [4.69, 9.17) is 9.16 Å². The molecule has 1 heterocycles. The summed E-state index contributed by atoms with van der Waals surface area (Å²) in [6.07, 6.45) is 12.0. The predicted molar refractivity (Wildman–Crippen MR) is 154 cm³/mol. The second-order valence-electron chi connectivity index (χ2n) is 13.5. The zero-order valence-electron chi connectivity index (χ0n) is 24.7. The Kier molecular flexibility index (Phi) is 9.10. The highest BCUT2D eigenvalue weighted by atomic mass is 28.4. The SMILES string of the molecule is COC(=O)c1ccc(CCN2C(=O)CCN2CCCC(O[Si](C)(C)C(C)(C)C)C2(CC3CC3)CCC2)cc1. The quantitative estimate of drug-likeness (QED) is 0.207. The van der Waals surface area contributed by atoms with E-state index in [0.717, 1.165) is 43.8 Å². The van der Waals surface area contributed by atoms with Crippen LogP contribution in [0.5, 0.6) is 0 Å². The maximum atomic E-state index is 12.7. The summed E-state index contributed by atoms with van der Waals surface area (Å²) < 4.78 is 12.0. The number of hydrazine groups is 1. The molecule has 3 fully saturated rings. The molecule has 7 heteroatoms. The molecule has 0 N–H and O–H groups in total. The fourth-order valence-electron chi connectivity index (χ4n) is 5.96. The second-order valence-corrected chi connectivity index (χ2v) is 18.3. The third-order valence-electron chi connectivity index (χ3n) is 9.75. The smallest absolute Gasteiger partial charge is 0.337 e. The number of methoxy groups -OCH3 is 1. The lowest BCUT2D eigenvalue weighted by Gasteiger charge is -2.52. The zero-order chi connectivity index (χ0) is 27.6. The summed E-state index contributed by atoms with van der Waals surface area (Å²) in [6, 6.07) is 7.51. The molecule has 4 rings (SSSR count). The molecule has 1 aliphatic heterocycles. The van der Waals surface area contributed by atoms with Crippen molar-refractivity contribution in [3.05, 3.63) is 35.4 Å². The Balaban J connectivity index is 1.35. The molecule has 0 radical (unpaired) electrons. The van der Waals surface area contributed by atoms with E-state index in [2.05, 4.69) is 38.9 Å². The first-order valence-corrected chi connectivity index (χ1v) is 17.8. The van der Waals surface area contributed by atoms with Crippen molar-refractivity contribution in [3.8, 4) is 0 Å². The van der Waals surface area contributed by atoms with Crippen LogP contribution in [0.25, 0.3) is 0 Å². The van der Waals surface area contributed by atoms with Crippen LogP contribution in [0.4, 0.5) is 0 Å². The van der Waals surface area contributed by atoms with Gasteiger partial charge in [-0.3, -0.25) is 9.80 Å². The number of ether oxygens (including phenoxy) is 1. The van der Waals surface area contributed by atoms with E-state index >= 15 is 0 Å². The van der Waals surface area contributed by atoms with E-state index in [9.17, 15) is 9.59 Å². The summed E-state index contributed by atoms with van der Waals surface area (Å²) in [5.41, 5.74) is 2.05. The first kappa shape index (κ1) is 29.3. The number of amides is 1. The summed E-state index contributed by atoms with van der Waals surface area (Å²) in [5.74, 6) is 0.817. The van der Waals surface area contributed by atoms with Gasteiger partial charge in [-0.25, -0.2) is 9.80 Å². The average molecular weight is 543 g/mol. The predicted octanol–water partition coefficient (Wildman–Crippen LogP) is 6.61. The first-order valence-electron chi connectivity index (χ1n) is 14.8. The van der Waals surface area contributed by atoms with E-state index < -0.39 is 8.32 Å². The third kappa shape index (κ3) is 6.89. The molecule has 2 aliphatic carbocycles. The lowest BCUT2D eigenvalue weighted by atomic mass is 9.61. The molecule has 38 heavy (non-hydrogen) atoms. The fraction of sp³-hybridized carbons (Fsp3) is 0.742. The molecule has 1 aromatic rings. The Morgan fingerprint density at radius 1 is 1.13 bits per heavy atom. The standard InChI is InChI=1S/C31H50N2O4Si/c1-30(2,3)38(5,6)37-27(31(18-8-19-31)23-25-10-11-25)9-7-20-32-21-17-28(34)33(32)22-16-24-12-14-26(15-13-24)29(35)36-4/h12-15,25,27H,7-11,16-23H2,1-6H3. The van der Waals surface area contributed by atoms with E-state index in [-0.39, 0.29) is 16.9 Å². The van der Waals surface area contributed by atoms with Crippen molar-refractivity contribution in [1.29, 1.82) is 0 Å². The molecule has 3 aliphatic rings. The van der Waals surface area contributed by atoms with E-state index in [1.54, 1.807) is 12.1 Å². The molecule has 0 spiro atoms. The van der Waals surface area contributed by atoms with Crippen LogP contribution in [0.15, 0.2) is 24.3 Å². The van der Waals surface area contributed by atoms with Crippen LogP contribution < -0.4 is 0 Å². The molecule has 1 unspecified atom stereocenters. The Morgan fingerprint density at radius 2 is 1.82 bits per heavy atom. The first-order chi connectivity index (χ1) is 17.9. The van der Waals surface area contributed by atoms with Gasteiger partial charge in [-0.2, -0.15) is 0 Å². The zero-order valence-corrected chi connectivity index (χ0v) is 25.7. The van der Waals surface area contributed by atoms with Gasteiger partial charge < -0.3 is 9.16 Å². The van der Waals surface area contributed by atoms with Gasteiger partial charge in [0, 0.05) is 26.1 Å². The Labute approximate surface area is 231 Å². The molecule has 6 nitrogen and oxygen atoms in total. The normalized spacial score (nSPS) is 20.9. The van der Waals surface area contributed by atoms with Crippen molar-refractivity contribution >= 4 is 20.2 Å². The number of rotatable bonds is 13. The van der Waals surface area contributed by atoms with Gasteiger partial charge in [0.2, 0.25) is 5.91 Å². The fourth-order valence-corrected chi connectivity index (χ4v) is 7.39. The highest BCUT2D eigenvalue weighted by Gasteiger charge is 2.50. The summed E-state index contributed by atoms with van der Waals surface area (Å²) in [4.78, 5) is 24.4.